The molecule has 3 nitrogen and oxygen atoms in total. The average Bonchev–Trinajstić information content (AvgIpc) is 2.19. The van der Waals surface area contributed by atoms with Gasteiger partial charge in [-0.2, -0.15) is 0 Å². The molecule has 0 heterocycles. The number of benzene rings is 1. The van der Waals surface area contributed by atoms with Gasteiger partial charge in [0.2, 0.25) is 5.91 Å². The Labute approximate surface area is 77.4 Å². The number of amides is 1. The van der Waals surface area contributed by atoms with E-state index in [9.17, 15) is 4.79 Å². The Morgan fingerprint density at radius 3 is 2.31 bits per heavy atom. The molecule has 0 bridgehead atoms. The molecular formula is C10H13NO2. The first kappa shape index (κ1) is 9.74. The van der Waals surface area contributed by atoms with Gasteiger partial charge >= 0.3 is 0 Å². The lowest BCUT2D eigenvalue weighted by Crippen LogP contribution is -2.19. The molecule has 0 aliphatic rings. The summed E-state index contributed by atoms with van der Waals surface area (Å²) in [4.78, 5) is 11.0. The molecular weight excluding hydrogens is 166 g/mol. The molecule has 13 heavy (non-hydrogen) atoms. The molecule has 0 unspecified atom stereocenters. The topological polar surface area (TPSA) is 49.3 Å². The van der Waals surface area contributed by atoms with Crippen molar-refractivity contribution in [1.82, 2.24) is 5.32 Å². The van der Waals surface area contributed by atoms with Crippen LogP contribution in [0.3, 0.4) is 0 Å². The summed E-state index contributed by atoms with van der Waals surface area (Å²) >= 11 is 0. The van der Waals surface area contributed by atoms with Crippen LogP contribution in [0.15, 0.2) is 24.3 Å². The number of hydrogen-bond acceptors (Lipinski definition) is 2. The third-order valence-electron chi connectivity index (χ3n) is 1.85. The zero-order valence-corrected chi connectivity index (χ0v) is 7.58. The summed E-state index contributed by atoms with van der Waals surface area (Å²) in [5.74, 6) is -0.00301. The summed E-state index contributed by atoms with van der Waals surface area (Å²) < 4.78 is 0. The van der Waals surface area contributed by atoms with Gasteiger partial charge in [-0.05, 0) is 11.1 Å². The van der Waals surface area contributed by atoms with Crippen molar-refractivity contribution in [2.75, 3.05) is 7.05 Å². The Balaban J connectivity index is 2.64. The summed E-state index contributed by atoms with van der Waals surface area (Å²) in [6.45, 7) is 0.0419. The predicted octanol–water partition coefficient (Wildman–Crippen LogP) is 0.467. The van der Waals surface area contributed by atoms with E-state index in [1.807, 2.05) is 24.3 Å². The second kappa shape index (κ2) is 4.62. The first-order chi connectivity index (χ1) is 6.26. The van der Waals surface area contributed by atoms with Crippen molar-refractivity contribution in [2.24, 2.45) is 0 Å². The number of aliphatic hydroxyl groups excluding tert-OH is 1. The van der Waals surface area contributed by atoms with Crippen molar-refractivity contribution in [3.8, 4) is 0 Å². The largest absolute Gasteiger partial charge is 0.392 e. The molecule has 1 aromatic rings. The highest BCUT2D eigenvalue weighted by molar-refractivity contribution is 5.78. The van der Waals surface area contributed by atoms with E-state index in [0.29, 0.717) is 6.42 Å². The zero-order valence-electron chi connectivity index (χ0n) is 7.58. The Morgan fingerprint density at radius 1 is 1.31 bits per heavy atom. The second-order valence-corrected chi connectivity index (χ2v) is 2.82. The van der Waals surface area contributed by atoms with E-state index in [0.717, 1.165) is 11.1 Å². The van der Waals surface area contributed by atoms with Crippen LogP contribution in [0.1, 0.15) is 11.1 Å². The first-order valence-corrected chi connectivity index (χ1v) is 4.15. The quantitative estimate of drug-likeness (QED) is 0.708. The summed E-state index contributed by atoms with van der Waals surface area (Å²) in [5, 5.41) is 11.3. The summed E-state index contributed by atoms with van der Waals surface area (Å²) in [7, 11) is 1.62. The molecule has 70 valence electrons. The standard InChI is InChI=1S/C10H13NO2/c1-11-10(13)6-8-2-4-9(7-12)5-3-8/h2-5,12H,6-7H2,1H3,(H,11,13). The fraction of sp³-hybridized carbons (Fsp3) is 0.300. The van der Waals surface area contributed by atoms with Gasteiger partial charge in [0.25, 0.3) is 0 Å². The third kappa shape index (κ3) is 2.87. The van der Waals surface area contributed by atoms with Gasteiger partial charge in [0, 0.05) is 7.05 Å². The normalized spacial score (nSPS) is 9.69. The summed E-state index contributed by atoms with van der Waals surface area (Å²) in [5.41, 5.74) is 1.82. The molecule has 2 N–H and O–H groups in total. The highest BCUT2D eigenvalue weighted by Gasteiger charge is 1.99. The molecule has 0 aliphatic heterocycles. The highest BCUT2D eigenvalue weighted by Crippen LogP contribution is 2.04. The van der Waals surface area contributed by atoms with Crippen LogP contribution in [0.5, 0.6) is 0 Å². The third-order valence-corrected chi connectivity index (χ3v) is 1.85. The molecule has 0 saturated carbocycles. The van der Waals surface area contributed by atoms with Crippen molar-refractivity contribution in [3.05, 3.63) is 35.4 Å². The maximum Gasteiger partial charge on any atom is 0.224 e. The number of likely N-dealkylation sites (N-methyl/N-ethyl adjacent to an activating group) is 1. The lowest BCUT2D eigenvalue weighted by Gasteiger charge is -2.01. The Morgan fingerprint density at radius 2 is 1.85 bits per heavy atom. The minimum Gasteiger partial charge on any atom is -0.392 e. The molecule has 0 fully saturated rings. The summed E-state index contributed by atoms with van der Waals surface area (Å²) in [6.07, 6.45) is 0.391. The van der Waals surface area contributed by atoms with Crippen molar-refractivity contribution >= 4 is 5.91 Å². The van der Waals surface area contributed by atoms with E-state index in [-0.39, 0.29) is 12.5 Å². The lowest BCUT2D eigenvalue weighted by atomic mass is 10.1. The van der Waals surface area contributed by atoms with E-state index in [2.05, 4.69) is 5.32 Å². The SMILES string of the molecule is CNC(=O)Cc1ccc(CO)cc1. The lowest BCUT2D eigenvalue weighted by molar-refractivity contribution is -0.119. The minimum absolute atomic E-state index is 0.00301. The predicted molar refractivity (Wildman–Crippen MR) is 50.1 cm³/mol. The Hall–Kier alpha value is -1.35. The van der Waals surface area contributed by atoms with Crippen LogP contribution in [0.4, 0.5) is 0 Å². The van der Waals surface area contributed by atoms with Crippen LogP contribution in [0.2, 0.25) is 0 Å². The van der Waals surface area contributed by atoms with E-state index in [1.54, 1.807) is 7.05 Å². The van der Waals surface area contributed by atoms with Gasteiger partial charge in [-0.15, -0.1) is 0 Å². The molecule has 3 heteroatoms. The number of aliphatic hydroxyl groups is 1. The zero-order chi connectivity index (χ0) is 9.68. The molecule has 1 amide bonds. The molecule has 0 radical (unpaired) electrons. The highest BCUT2D eigenvalue weighted by atomic mass is 16.3. The van der Waals surface area contributed by atoms with Crippen molar-refractivity contribution in [3.63, 3.8) is 0 Å². The monoisotopic (exact) mass is 179 g/mol. The maximum atomic E-state index is 11.0. The smallest absolute Gasteiger partial charge is 0.224 e. The van der Waals surface area contributed by atoms with E-state index in [1.165, 1.54) is 0 Å². The number of nitrogens with one attached hydrogen (secondary N) is 1. The number of carbonyl (C=O) groups excluding carboxylic acids is 1. The van der Waals surface area contributed by atoms with Crippen molar-refractivity contribution in [1.29, 1.82) is 0 Å². The van der Waals surface area contributed by atoms with E-state index >= 15 is 0 Å². The Bertz CT molecular complexity index is 279. The molecule has 0 saturated heterocycles. The second-order valence-electron chi connectivity index (χ2n) is 2.82. The van der Waals surface area contributed by atoms with Crippen LogP contribution >= 0.6 is 0 Å². The van der Waals surface area contributed by atoms with Crippen LogP contribution < -0.4 is 5.32 Å². The van der Waals surface area contributed by atoms with Gasteiger partial charge in [0.1, 0.15) is 0 Å². The molecule has 0 aromatic heterocycles. The first-order valence-electron chi connectivity index (χ1n) is 4.15. The molecule has 1 aromatic carbocycles. The average molecular weight is 179 g/mol. The maximum absolute atomic E-state index is 11.0. The Kier molecular flexibility index (Phi) is 3.46. The number of hydrogen-bond donors (Lipinski definition) is 2. The summed E-state index contributed by atoms with van der Waals surface area (Å²) in [6, 6.07) is 7.33. The van der Waals surface area contributed by atoms with Gasteiger partial charge < -0.3 is 10.4 Å². The molecule has 1 rings (SSSR count). The van der Waals surface area contributed by atoms with Gasteiger partial charge in [-0.1, -0.05) is 24.3 Å². The fourth-order valence-corrected chi connectivity index (χ4v) is 1.04. The minimum atomic E-state index is -0.00301. The van der Waals surface area contributed by atoms with Crippen LogP contribution in [-0.4, -0.2) is 18.1 Å². The van der Waals surface area contributed by atoms with Crippen LogP contribution in [-0.2, 0) is 17.8 Å². The molecule has 0 atom stereocenters. The van der Waals surface area contributed by atoms with Crippen LogP contribution in [0.25, 0.3) is 0 Å². The molecule has 0 spiro atoms. The van der Waals surface area contributed by atoms with E-state index in [4.69, 9.17) is 5.11 Å². The van der Waals surface area contributed by atoms with Gasteiger partial charge in [-0.25, -0.2) is 0 Å². The molecule has 0 aliphatic carbocycles. The fourth-order valence-electron chi connectivity index (χ4n) is 1.04. The van der Waals surface area contributed by atoms with Gasteiger partial charge in [0.15, 0.2) is 0 Å². The van der Waals surface area contributed by atoms with Crippen molar-refractivity contribution < 1.29 is 9.90 Å². The number of carbonyl (C=O) groups is 1. The van der Waals surface area contributed by atoms with Gasteiger partial charge in [-0.3, -0.25) is 4.79 Å². The van der Waals surface area contributed by atoms with E-state index < -0.39 is 0 Å². The van der Waals surface area contributed by atoms with Crippen molar-refractivity contribution in [2.45, 2.75) is 13.0 Å². The number of rotatable bonds is 3. The van der Waals surface area contributed by atoms with Crippen LogP contribution in [0, 0.1) is 0 Å². The van der Waals surface area contributed by atoms with Gasteiger partial charge in [0.05, 0.1) is 13.0 Å².